The van der Waals surface area contributed by atoms with Crippen molar-refractivity contribution in [1.82, 2.24) is 9.97 Å². The Morgan fingerprint density at radius 2 is 2.22 bits per heavy atom. The molecule has 1 rings (SSSR count). The molecule has 1 heterocycles. The zero-order chi connectivity index (χ0) is 13.2. The predicted molar refractivity (Wildman–Crippen MR) is 70.5 cm³/mol. The van der Waals surface area contributed by atoms with Crippen molar-refractivity contribution >= 4 is 5.82 Å². The van der Waals surface area contributed by atoms with Crippen LogP contribution in [0.25, 0.3) is 0 Å². The molecule has 0 saturated carbocycles. The van der Waals surface area contributed by atoms with Crippen molar-refractivity contribution < 1.29 is 9.47 Å². The summed E-state index contributed by atoms with van der Waals surface area (Å²) in [6.07, 6.45) is 6.17. The number of ether oxygens (including phenoxy) is 2. The van der Waals surface area contributed by atoms with Crippen LogP contribution in [-0.2, 0) is 11.3 Å². The Morgan fingerprint density at radius 3 is 2.89 bits per heavy atom. The average Bonchev–Trinajstić information content (AvgIpc) is 2.40. The monoisotopic (exact) mass is 249 g/mol. The summed E-state index contributed by atoms with van der Waals surface area (Å²) >= 11 is 0. The molecule has 1 N–H and O–H groups in total. The van der Waals surface area contributed by atoms with Gasteiger partial charge < -0.3 is 14.8 Å². The van der Waals surface area contributed by atoms with Crippen molar-refractivity contribution in [1.29, 1.82) is 0 Å². The molecule has 0 aliphatic carbocycles. The van der Waals surface area contributed by atoms with Gasteiger partial charge in [-0.1, -0.05) is 12.8 Å². The maximum Gasteiger partial charge on any atom is 0.219 e. The van der Waals surface area contributed by atoms with Crippen LogP contribution in [0.15, 0.2) is 6.07 Å². The maximum absolute atomic E-state index is 5.31. The SMILES string of the molecule is C#CCOc1cc(NCCC)nc(COCC)n1. The van der Waals surface area contributed by atoms with Crippen LogP contribution in [-0.4, -0.2) is 29.7 Å². The van der Waals surface area contributed by atoms with Crippen molar-refractivity contribution in [2.45, 2.75) is 26.9 Å². The second-order valence-corrected chi connectivity index (χ2v) is 3.56. The molecular weight excluding hydrogens is 230 g/mol. The van der Waals surface area contributed by atoms with E-state index in [9.17, 15) is 0 Å². The third-order valence-electron chi connectivity index (χ3n) is 2.04. The van der Waals surface area contributed by atoms with E-state index < -0.39 is 0 Å². The minimum Gasteiger partial charge on any atom is -0.464 e. The van der Waals surface area contributed by atoms with Crippen LogP contribution in [0.1, 0.15) is 26.1 Å². The molecule has 0 unspecified atom stereocenters. The minimum atomic E-state index is 0.193. The first-order valence-corrected chi connectivity index (χ1v) is 6.06. The lowest BCUT2D eigenvalue weighted by Crippen LogP contribution is -2.08. The van der Waals surface area contributed by atoms with Crippen LogP contribution in [0.5, 0.6) is 5.88 Å². The molecular formula is C13H19N3O2. The molecule has 0 spiro atoms. The van der Waals surface area contributed by atoms with Crippen molar-refractivity contribution in [3.63, 3.8) is 0 Å². The number of aromatic nitrogens is 2. The molecule has 0 bridgehead atoms. The summed E-state index contributed by atoms with van der Waals surface area (Å²) in [6, 6.07) is 1.74. The Hall–Kier alpha value is -1.80. The van der Waals surface area contributed by atoms with Gasteiger partial charge in [-0.25, -0.2) is 4.98 Å². The van der Waals surface area contributed by atoms with Crippen LogP contribution in [0.4, 0.5) is 5.82 Å². The van der Waals surface area contributed by atoms with Crippen LogP contribution >= 0.6 is 0 Å². The summed E-state index contributed by atoms with van der Waals surface area (Å²) in [5.41, 5.74) is 0. The van der Waals surface area contributed by atoms with Gasteiger partial charge in [0.05, 0.1) is 0 Å². The van der Waals surface area contributed by atoms with Crippen LogP contribution in [0.3, 0.4) is 0 Å². The highest BCUT2D eigenvalue weighted by molar-refractivity contribution is 5.38. The highest BCUT2D eigenvalue weighted by Crippen LogP contribution is 2.14. The van der Waals surface area contributed by atoms with Crippen molar-refractivity contribution in [2.75, 3.05) is 25.1 Å². The van der Waals surface area contributed by atoms with E-state index in [1.54, 1.807) is 6.07 Å². The summed E-state index contributed by atoms with van der Waals surface area (Å²) in [5.74, 6) is 4.19. The Labute approximate surface area is 108 Å². The zero-order valence-corrected chi connectivity index (χ0v) is 10.9. The first-order valence-electron chi connectivity index (χ1n) is 6.06. The largest absolute Gasteiger partial charge is 0.464 e. The lowest BCUT2D eigenvalue weighted by Gasteiger charge is -2.09. The molecule has 0 fully saturated rings. The first kappa shape index (κ1) is 14.3. The zero-order valence-electron chi connectivity index (χ0n) is 10.9. The third kappa shape index (κ3) is 5.02. The van der Waals surface area contributed by atoms with Crippen LogP contribution < -0.4 is 10.1 Å². The molecule has 5 nitrogen and oxygen atoms in total. The van der Waals surface area contributed by atoms with Gasteiger partial charge in [0.15, 0.2) is 12.4 Å². The molecule has 18 heavy (non-hydrogen) atoms. The number of hydrogen-bond donors (Lipinski definition) is 1. The predicted octanol–water partition coefficient (Wildman–Crippen LogP) is 1.85. The van der Waals surface area contributed by atoms with E-state index in [0.29, 0.717) is 24.9 Å². The molecule has 0 amide bonds. The van der Waals surface area contributed by atoms with Crippen LogP contribution in [0.2, 0.25) is 0 Å². The number of anilines is 1. The van der Waals surface area contributed by atoms with Gasteiger partial charge >= 0.3 is 0 Å². The fourth-order valence-corrected chi connectivity index (χ4v) is 1.26. The summed E-state index contributed by atoms with van der Waals surface area (Å²) in [6.45, 7) is 6.04. The quantitative estimate of drug-likeness (QED) is 0.712. The molecule has 5 heteroatoms. The lowest BCUT2D eigenvalue weighted by atomic mass is 10.4. The molecule has 0 atom stereocenters. The first-order chi connectivity index (χ1) is 8.80. The van der Waals surface area contributed by atoms with Gasteiger partial charge in [0, 0.05) is 19.2 Å². The van der Waals surface area contributed by atoms with E-state index in [1.165, 1.54) is 0 Å². The number of terminal acetylenes is 1. The smallest absolute Gasteiger partial charge is 0.219 e. The van der Waals surface area contributed by atoms with E-state index in [4.69, 9.17) is 15.9 Å². The van der Waals surface area contributed by atoms with Crippen LogP contribution in [0, 0.1) is 12.3 Å². The van der Waals surface area contributed by atoms with Gasteiger partial charge in [0.25, 0.3) is 0 Å². The third-order valence-corrected chi connectivity index (χ3v) is 2.04. The summed E-state index contributed by atoms with van der Waals surface area (Å²) in [5, 5.41) is 3.19. The Bertz CT molecular complexity index is 375. The molecule has 0 saturated heterocycles. The fraction of sp³-hybridized carbons (Fsp3) is 0.538. The Kier molecular flexibility index (Phi) is 6.59. The highest BCUT2D eigenvalue weighted by Gasteiger charge is 2.05. The van der Waals surface area contributed by atoms with Crippen molar-refractivity contribution in [3.05, 3.63) is 11.9 Å². The number of nitrogens with one attached hydrogen (secondary N) is 1. The summed E-state index contributed by atoms with van der Waals surface area (Å²) < 4.78 is 10.6. The van der Waals surface area contributed by atoms with E-state index >= 15 is 0 Å². The van der Waals surface area contributed by atoms with Gasteiger partial charge in [-0.2, -0.15) is 4.98 Å². The summed E-state index contributed by atoms with van der Waals surface area (Å²) in [4.78, 5) is 8.56. The molecule has 0 aromatic carbocycles. The summed E-state index contributed by atoms with van der Waals surface area (Å²) in [7, 11) is 0. The second kappa shape index (κ2) is 8.31. The molecule has 0 aliphatic heterocycles. The average molecular weight is 249 g/mol. The maximum atomic E-state index is 5.31. The van der Waals surface area contributed by atoms with Crippen molar-refractivity contribution in [2.24, 2.45) is 0 Å². The number of nitrogens with zero attached hydrogens (tertiary/aromatic N) is 2. The van der Waals surface area contributed by atoms with E-state index in [1.807, 2.05) is 6.92 Å². The molecule has 98 valence electrons. The number of hydrogen-bond acceptors (Lipinski definition) is 5. The van der Waals surface area contributed by atoms with E-state index in [-0.39, 0.29) is 6.61 Å². The Balaban J connectivity index is 2.78. The molecule has 1 aromatic heterocycles. The lowest BCUT2D eigenvalue weighted by molar-refractivity contribution is 0.127. The molecule has 0 radical (unpaired) electrons. The Morgan fingerprint density at radius 1 is 1.39 bits per heavy atom. The highest BCUT2D eigenvalue weighted by atomic mass is 16.5. The van der Waals surface area contributed by atoms with Crippen molar-refractivity contribution in [3.8, 4) is 18.2 Å². The van der Waals surface area contributed by atoms with E-state index in [2.05, 4.69) is 28.1 Å². The standard InChI is InChI=1S/C13H19N3O2/c1-4-7-14-11-9-13(18-8-5-2)16-12(15-11)10-17-6-3/h2,9H,4,6-8,10H2,1,3H3,(H,14,15,16). The minimum absolute atomic E-state index is 0.193. The van der Waals surface area contributed by atoms with E-state index in [0.717, 1.165) is 18.8 Å². The van der Waals surface area contributed by atoms with Gasteiger partial charge in [-0.3, -0.25) is 0 Å². The number of rotatable bonds is 8. The van der Waals surface area contributed by atoms with Gasteiger partial charge in [-0.05, 0) is 13.3 Å². The van der Waals surface area contributed by atoms with Gasteiger partial charge in [0.1, 0.15) is 12.4 Å². The molecule has 1 aromatic rings. The van der Waals surface area contributed by atoms with Gasteiger partial charge in [0.2, 0.25) is 5.88 Å². The van der Waals surface area contributed by atoms with Gasteiger partial charge in [-0.15, -0.1) is 6.42 Å². The fourth-order valence-electron chi connectivity index (χ4n) is 1.26. The second-order valence-electron chi connectivity index (χ2n) is 3.56. The topological polar surface area (TPSA) is 56.3 Å². The normalized spacial score (nSPS) is 9.83. The molecule has 0 aliphatic rings.